The number of ether oxygens (including phenoxy) is 4. The number of rotatable bonds is 10. The Balaban J connectivity index is 1.57. The number of Topliss-reactive ketones (excluding diaryl/α,β-unsaturated/α-hetero) is 1. The molecule has 35 heavy (non-hydrogen) atoms. The van der Waals surface area contributed by atoms with E-state index in [0.29, 0.717) is 75.2 Å². The number of benzene rings is 1. The van der Waals surface area contributed by atoms with Gasteiger partial charge < -0.3 is 29.0 Å². The Hall–Kier alpha value is -2.81. The van der Waals surface area contributed by atoms with Crippen LogP contribution in [0.1, 0.15) is 63.4 Å². The monoisotopic (exact) mass is 491 g/mol. The molecule has 1 aromatic rings. The van der Waals surface area contributed by atoms with Gasteiger partial charge in [-0.1, -0.05) is 19.3 Å². The van der Waals surface area contributed by atoms with Crippen LogP contribution in [-0.2, 0) is 25.5 Å². The van der Waals surface area contributed by atoms with Gasteiger partial charge in [0.2, 0.25) is 5.75 Å². The molecule has 3 rings (SSSR count). The van der Waals surface area contributed by atoms with Crippen molar-refractivity contribution in [2.75, 3.05) is 34.5 Å². The summed E-state index contributed by atoms with van der Waals surface area (Å²) in [6.45, 7) is 0.484. The summed E-state index contributed by atoms with van der Waals surface area (Å²) in [6.07, 6.45) is 6.06. The second-order valence-electron chi connectivity index (χ2n) is 9.24. The molecule has 1 heterocycles. The number of esters is 1. The van der Waals surface area contributed by atoms with Crippen LogP contribution in [0.5, 0.6) is 17.2 Å². The van der Waals surface area contributed by atoms with Crippen LogP contribution in [0.25, 0.3) is 0 Å². The standard InChI is InChI=1S/C26H37NO8/c1-32-20-16-18(17-21(33-2)22(20)34-3)10-9-15-35-25(30)19-11-5-8-14-27(19)24(29)23(28)26(31)12-6-4-7-13-26/h16-17,19,31H,4-15H2,1-3H3/t19-/m0/s1. The van der Waals surface area contributed by atoms with E-state index in [2.05, 4.69) is 0 Å². The van der Waals surface area contributed by atoms with Gasteiger partial charge in [0.05, 0.1) is 27.9 Å². The van der Waals surface area contributed by atoms with Crippen LogP contribution in [0.3, 0.4) is 0 Å². The zero-order valence-electron chi connectivity index (χ0n) is 21.0. The third-order valence-corrected chi connectivity index (χ3v) is 6.91. The smallest absolute Gasteiger partial charge is 0.328 e. The van der Waals surface area contributed by atoms with E-state index in [1.54, 1.807) is 21.3 Å². The molecule has 1 aromatic carbocycles. The lowest BCUT2D eigenvalue weighted by molar-refractivity contribution is -0.164. The van der Waals surface area contributed by atoms with Crippen LogP contribution in [0.2, 0.25) is 0 Å². The number of carbonyl (C=O) groups is 3. The fourth-order valence-corrected chi connectivity index (χ4v) is 4.94. The average Bonchev–Trinajstić information content (AvgIpc) is 2.89. The van der Waals surface area contributed by atoms with Gasteiger partial charge in [-0.05, 0) is 62.6 Å². The molecule has 1 N–H and O–H groups in total. The Morgan fingerprint density at radius 2 is 1.63 bits per heavy atom. The van der Waals surface area contributed by atoms with Crippen molar-refractivity contribution in [2.45, 2.75) is 75.9 Å². The van der Waals surface area contributed by atoms with Crippen LogP contribution >= 0.6 is 0 Å². The van der Waals surface area contributed by atoms with Gasteiger partial charge >= 0.3 is 5.97 Å². The lowest BCUT2D eigenvalue weighted by Crippen LogP contribution is -2.56. The quantitative estimate of drug-likeness (QED) is 0.302. The summed E-state index contributed by atoms with van der Waals surface area (Å²) in [5.74, 6) is -0.446. The van der Waals surface area contributed by atoms with Crippen LogP contribution < -0.4 is 14.2 Å². The van der Waals surface area contributed by atoms with Crippen molar-refractivity contribution >= 4 is 17.7 Å². The Bertz CT molecular complexity index is 884. The molecule has 0 unspecified atom stereocenters. The largest absolute Gasteiger partial charge is 0.493 e. The lowest BCUT2D eigenvalue weighted by atomic mass is 9.81. The zero-order valence-corrected chi connectivity index (χ0v) is 21.0. The Labute approximate surface area is 206 Å². The number of nitrogens with zero attached hydrogens (tertiary/aromatic N) is 1. The van der Waals surface area contributed by atoms with Crippen molar-refractivity contribution in [1.29, 1.82) is 0 Å². The molecular weight excluding hydrogens is 454 g/mol. The van der Waals surface area contributed by atoms with Crippen molar-refractivity contribution in [3.8, 4) is 17.2 Å². The number of piperidine rings is 1. The van der Waals surface area contributed by atoms with E-state index < -0.39 is 29.3 Å². The van der Waals surface area contributed by atoms with E-state index in [0.717, 1.165) is 18.4 Å². The number of carbonyl (C=O) groups excluding carboxylic acids is 3. The minimum absolute atomic E-state index is 0.173. The Morgan fingerprint density at radius 1 is 0.971 bits per heavy atom. The summed E-state index contributed by atoms with van der Waals surface area (Å²) in [6, 6.07) is 2.91. The molecule has 194 valence electrons. The molecule has 9 heteroatoms. The summed E-state index contributed by atoms with van der Waals surface area (Å²) >= 11 is 0. The molecule has 1 aliphatic heterocycles. The van der Waals surface area contributed by atoms with E-state index in [4.69, 9.17) is 18.9 Å². The minimum atomic E-state index is -1.61. The van der Waals surface area contributed by atoms with Gasteiger partial charge in [-0.25, -0.2) is 4.79 Å². The second kappa shape index (κ2) is 12.2. The van der Waals surface area contributed by atoms with Crippen molar-refractivity contribution in [2.24, 2.45) is 0 Å². The van der Waals surface area contributed by atoms with Crippen molar-refractivity contribution in [3.63, 3.8) is 0 Å². The molecule has 9 nitrogen and oxygen atoms in total. The number of hydrogen-bond acceptors (Lipinski definition) is 8. The van der Waals surface area contributed by atoms with Crippen molar-refractivity contribution in [3.05, 3.63) is 17.7 Å². The zero-order chi connectivity index (χ0) is 25.4. The first-order valence-corrected chi connectivity index (χ1v) is 12.4. The van der Waals surface area contributed by atoms with Crippen LogP contribution in [0.15, 0.2) is 12.1 Å². The fraction of sp³-hybridized carbons (Fsp3) is 0.654. The van der Waals surface area contributed by atoms with E-state index in [1.807, 2.05) is 12.1 Å². The summed E-state index contributed by atoms with van der Waals surface area (Å²) in [4.78, 5) is 40.0. The van der Waals surface area contributed by atoms with Crippen molar-refractivity contribution < 1.29 is 38.4 Å². The number of amides is 1. The number of hydrogen-bond donors (Lipinski definition) is 1. The van der Waals surface area contributed by atoms with E-state index >= 15 is 0 Å². The molecule has 2 fully saturated rings. The normalized spacial score (nSPS) is 19.5. The van der Waals surface area contributed by atoms with E-state index in [-0.39, 0.29) is 6.61 Å². The average molecular weight is 492 g/mol. The van der Waals surface area contributed by atoms with Gasteiger partial charge in [0, 0.05) is 6.54 Å². The highest BCUT2D eigenvalue weighted by atomic mass is 16.5. The van der Waals surface area contributed by atoms with Gasteiger partial charge in [0.15, 0.2) is 11.5 Å². The molecule has 1 atom stereocenters. The third kappa shape index (κ3) is 6.25. The van der Waals surface area contributed by atoms with Crippen LogP contribution in [-0.4, -0.2) is 73.8 Å². The topological polar surface area (TPSA) is 112 Å². The lowest BCUT2D eigenvalue weighted by Gasteiger charge is -2.36. The molecule has 0 aromatic heterocycles. The number of aryl methyl sites for hydroxylation is 1. The summed E-state index contributed by atoms with van der Waals surface area (Å²) in [7, 11) is 4.65. The van der Waals surface area contributed by atoms with Crippen LogP contribution in [0.4, 0.5) is 0 Å². The Morgan fingerprint density at radius 3 is 2.23 bits per heavy atom. The third-order valence-electron chi connectivity index (χ3n) is 6.91. The number of methoxy groups -OCH3 is 3. The maximum absolute atomic E-state index is 13.0. The number of ketones is 1. The molecule has 1 saturated heterocycles. The fourth-order valence-electron chi connectivity index (χ4n) is 4.94. The van der Waals surface area contributed by atoms with Gasteiger partial charge in [-0.15, -0.1) is 0 Å². The molecule has 1 aliphatic carbocycles. The highest BCUT2D eigenvalue weighted by Gasteiger charge is 2.45. The molecule has 2 aliphatic rings. The maximum Gasteiger partial charge on any atom is 0.328 e. The van der Waals surface area contributed by atoms with Gasteiger partial charge in [0.1, 0.15) is 11.6 Å². The first-order chi connectivity index (χ1) is 16.8. The van der Waals surface area contributed by atoms with Gasteiger partial charge in [0.25, 0.3) is 11.7 Å². The molecule has 0 bridgehead atoms. The van der Waals surface area contributed by atoms with Gasteiger partial charge in [-0.2, -0.15) is 0 Å². The molecule has 0 radical (unpaired) electrons. The van der Waals surface area contributed by atoms with Gasteiger partial charge in [-0.3, -0.25) is 9.59 Å². The molecular formula is C26H37NO8. The highest BCUT2D eigenvalue weighted by molar-refractivity contribution is 6.39. The minimum Gasteiger partial charge on any atom is -0.493 e. The molecule has 0 spiro atoms. The van der Waals surface area contributed by atoms with Crippen LogP contribution in [0, 0.1) is 0 Å². The highest BCUT2D eigenvalue weighted by Crippen LogP contribution is 2.38. The summed E-state index contributed by atoms with van der Waals surface area (Å²) in [5.41, 5.74) is -0.668. The Kier molecular flexibility index (Phi) is 9.37. The first-order valence-electron chi connectivity index (χ1n) is 12.4. The number of likely N-dealkylation sites (tertiary alicyclic amines) is 1. The van der Waals surface area contributed by atoms with E-state index in [9.17, 15) is 19.5 Å². The maximum atomic E-state index is 13.0. The summed E-state index contributed by atoms with van der Waals surface area (Å²) < 4.78 is 21.6. The predicted molar refractivity (Wildman–Crippen MR) is 128 cm³/mol. The predicted octanol–water partition coefficient (Wildman–Crippen LogP) is 2.83. The molecule has 1 saturated carbocycles. The van der Waals surface area contributed by atoms with Crippen molar-refractivity contribution in [1.82, 2.24) is 4.90 Å². The first kappa shape index (κ1) is 26.8. The SMILES string of the molecule is COc1cc(CCCOC(=O)[C@@H]2CCCCN2C(=O)C(=O)C2(O)CCCCC2)cc(OC)c1OC. The number of aliphatic hydroxyl groups is 1. The van der Waals surface area contributed by atoms with E-state index in [1.165, 1.54) is 4.90 Å². The summed E-state index contributed by atoms with van der Waals surface area (Å²) in [5, 5.41) is 10.7. The molecule has 1 amide bonds. The second-order valence-corrected chi connectivity index (χ2v) is 9.24.